The normalized spacial score (nSPS) is 18.0. The summed E-state index contributed by atoms with van der Waals surface area (Å²) in [6.07, 6.45) is -0.441. The topological polar surface area (TPSA) is 86.5 Å². The Kier molecular flexibility index (Phi) is 4.21. The average Bonchev–Trinajstić information content (AvgIpc) is 2.82. The summed E-state index contributed by atoms with van der Waals surface area (Å²) in [7, 11) is -3.77. The average molecular weight is 364 g/mol. The van der Waals surface area contributed by atoms with Crippen molar-refractivity contribution in [3.05, 3.63) is 64.7 Å². The molecule has 0 aliphatic carbocycles. The molecule has 0 fully saturated rings. The molecule has 5 nitrogen and oxygen atoms in total. The summed E-state index contributed by atoms with van der Waals surface area (Å²) in [5.74, 6) is -0.421. The minimum atomic E-state index is -3.77. The van der Waals surface area contributed by atoms with Gasteiger partial charge in [0.25, 0.3) is 0 Å². The van der Waals surface area contributed by atoms with Crippen LogP contribution in [-0.4, -0.2) is 20.5 Å². The van der Waals surface area contributed by atoms with Crippen LogP contribution < -0.4 is 5.14 Å². The van der Waals surface area contributed by atoms with Gasteiger partial charge in [-0.25, -0.2) is 18.4 Å². The highest BCUT2D eigenvalue weighted by Crippen LogP contribution is 2.37. The Morgan fingerprint density at radius 3 is 2.08 bits per heavy atom. The number of sulfonamides is 1. The summed E-state index contributed by atoms with van der Waals surface area (Å²) in [6, 6.07) is 12.9. The van der Waals surface area contributed by atoms with Crippen LogP contribution in [0.5, 0.6) is 0 Å². The molecule has 0 saturated heterocycles. The number of halogens is 1. The van der Waals surface area contributed by atoms with Crippen LogP contribution in [0.4, 0.5) is 0 Å². The second-order valence-electron chi connectivity index (χ2n) is 5.41. The van der Waals surface area contributed by atoms with Gasteiger partial charge in [-0.1, -0.05) is 35.9 Å². The quantitative estimate of drug-likeness (QED) is 0.849. The first kappa shape index (κ1) is 16.7. The monoisotopic (exact) mass is 363 g/mol. The molecule has 1 atom stereocenters. The molecule has 2 N–H and O–H groups in total. The Morgan fingerprint density at radius 1 is 1.00 bits per heavy atom. The lowest BCUT2D eigenvalue weighted by Gasteiger charge is -2.10. The van der Waals surface area contributed by atoms with Gasteiger partial charge >= 0.3 is 5.97 Å². The predicted octanol–water partition coefficient (Wildman–Crippen LogP) is 2.84. The van der Waals surface area contributed by atoms with Crippen molar-refractivity contribution in [2.24, 2.45) is 5.14 Å². The van der Waals surface area contributed by atoms with Gasteiger partial charge in [0, 0.05) is 10.6 Å². The molecule has 1 aliphatic rings. The van der Waals surface area contributed by atoms with Crippen molar-refractivity contribution >= 4 is 38.7 Å². The van der Waals surface area contributed by atoms with Gasteiger partial charge in [-0.2, -0.15) is 0 Å². The van der Waals surface area contributed by atoms with E-state index in [2.05, 4.69) is 0 Å². The van der Waals surface area contributed by atoms with Crippen molar-refractivity contribution in [1.82, 2.24) is 0 Å². The summed E-state index contributed by atoms with van der Waals surface area (Å²) in [5.41, 5.74) is 2.54. The van der Waals surface area contributed by atoms with Crippen molar-refractivity contribution in [2.75, 3.05) is 0 Å². The minimum Gasteiger partial charge on any atom is -0.454 e. The third kappa shape index (κ3) is 3.08. The lowest BCUT2D eigenvalue weighted by Crippen LogP contribution is -2.12. The first-order valence-electron chi connectivity index (χ1n) is 7.11. The number of hydrogen-bond acceptors (Lipinski definition) is 4. The first-order chi connectivity index (χ1) is 11.3. The zero-order valence-corrected chi connectivity index (χ0v) is 14.3. The Bertz CT molecular complexity index is 932. The van der Waals surface area contributed by atoms with E-state index in [1.54, 1.807) is 43.3 Å². The number of esters is 1. The molecule has 7 heteroatoms. The van der Waals surface area contributed by atoms with Gasteiger partial charge in [-0.05, 0) is 42.3 Å². The van der Waals surface area contributed by atoms with Crippen LogP contribution in [0.25, 0.3) is 11.1 Å². The fourth-order valence-corrected chi connectivity index (χ4v) is 3.33. The highest BCUT2D eigenvalue weighted by molar-refractivity contribution is 7.89. The van der Waals surface area contributed by atoms with E-state index >= 15 is 0 Å². The maximum absolute atomic E-state index is 12.3. The summed E-state index contributed by atoms with van der Waals surface area (Å²) in [6.45, 7) is 1.77. The first-order valence-corrected chi connectivity index (χ1v) is 9.04. The van der Waals surface area contributed by atoms with Crippen LogP contribution >= 0.6 is 11.6 Å². The van der Waals surface area contributed by atoms with Gasteiger partial charge in [0.2, 0.25) is 10.0 Å². The second kappa shape index (κ2) is 6.05. The van der Waals surface area contributed by atoms with Gasteiger partial charge in [-0.3, -0.25) is 0 Å². The van der Waals surface area contributed by atoms with Gasteiger partial charge in [0.05, 0.1) is 10.5 Å². The fourth-order valence-electron chi connectivity index (χ4n) is 2.68. The van der Waals surface area contributed by atoms with Crippen LogP contribution in [0.1, 0.15) is 18.1 Å². The van der Waals surface area contributed by atoms with E-state index in [1.807, 2.05) is 0 Å². The summed E-state index contributed by atoms with van der Waals surface area (Å²) < 4.78 is 28.1. The Morgan fingerprint density at radius 2 is 1.54 bits per heavy atom. The van der Waals surface area contributed by atoms with Crippen LogP contribution in [0.3, 0.4) is 0 Å². The largest absolute Gasteiger partial charge is 0.454 e. The van der Waals surface area contributed by atoms with Crippen LogP contribution in [0, 0.1) is 0 Å². The van der Waals surface area contributed by atoms with E-state index in [1.165, 1.54) is 12.1 Å². The highest BCUT2D eigenvalue weighted by Gasteiger charge is 2.33. The van der Waals surface area contributed by atoms with Crippen molar-refractivity contribution in [1.29, 1.82) is 0 Å². The lowest BCUT2D eigenvalue weighted by molar-refractivity contribution is -0.136. The third-order valence-corrected chi connectivity index (χ3v) is 4.97. The number of carbonyl (C=O) groups excluding carboxylic acids is 1. The number of rotatable bonds is 3. The highest BCUT2D eigenvalue weighted by atomic mass is 35.5. The molecular weight excluding hydrogens is 350 g/mol. The molecule has 0 spiro atoms. The molecule has 0 bridgehead atoms. The standard InChI is InChI=1S/C17H14ClNO4S/c1-10-15(11-4-8-14(9-5-11)24(19,21)22)16(17(20)23-10)12-2-6-13(18)7-3-12/h2-10H,1H3,(H2,19,21,22). The van der Waals surface area contributed by atoms with E-state index in [-0.39, 0.29) is 4.90 Å². The minimum absolute atomic E-state index is 0.0118. The summed E-state index contributed by atoms with van der Waals surface area (Å²) >= 11 is 5.90. The van der Waals surface area contributed by atoms with Crippen molar-refractivity contribution in [2.45, 2.75) is 17.9 Å². The van der Waals surface area contributed by atoms with E-state index in [0.717, 1.165) is 0 Å². The maximum Gasteiger partial charge on any atom is 0.339 e. The molecule has 1 unspecified atom stereocenters. The van der Waals surface area contributed by atoms with Gasteiger partial charge in [0.15, 0.2) is 0 Å². The Labute approximate surface area is 144 Å². The van der Waals surface area contributed by atoms with Gasteiger partial charge in [-0.15, -0.1) is 0 Å². The molecule has 24 heavy (non-hydrogen) atoms. The molecule has 0 saturated carbocycles. The molecule has 124 valence electrons. The molecule has 1 aliphatic heterocycles. The van der Waals surface area contributed by atoms with Gasteiger partial charge in [0.1, 0.15) is 6.10 Å². The number of cyclic esters (lactones) is 1. The smallest absolute Gasteiger partial charge is 0.339 e. The Balaban J connectivity index is 2.14. The van der Waals surface area contributed by atoms with Crippen LogP contribution in [-0.2, 0) is 19.6 Å². The number of primary sulfonamides is 1. The molecule has 1 heterocycles. The predicted molar refractivity (Wildman–Crippen MR) is 91.6 cm³/mol. The van der Waals surface area contributed by atoms with Crippen LogP contribution in [0.15, 0.2) is 53.4 Å². The zero-order chi connectivity index (χ0) is 17.5. The molecule has 0 radical (unpaired) electrons. The number of benzene rings is 2. The van der Waals surface area contributed by atoms with Crippen LogP contribution in [0.2, 0.25) is 5.02 Å². The fraction of sp³-hybridized carbons (Fsp3) is 0.118. The lowest BCUT2D eigenvalue weighted by atomic mass is 9.93. The zero-order valence-electron chi connectivity index (χ0n) is 12.7. The van der Waals surface area contributed by atoms with Crippen molar-refractivity contribution in [3.63, 3.8) is 0 Å². The number of ether oxygens (including phenoxy) is 1. The number of nitrogens with two attached hydrogens (primary N) is 1. The molecule has 2 aromatic carbocycles. The van der Waals surface area contributed by atoms with Gasteiger partial charge < -0.3 is 4.74 Å². The van der Waals surface area contributed by atoms with E-state index in [9.17, 15) is 13.2 Å². The molecule has 2 aromatic rings. The van der Waals surface area contributed by atoms with E-state index < -0.39 is 22.1 Å². The van der Waals surface area contributed by atoms with Crippen molar-refractivity contribution in [3.8, 4) is 0 Å². The second-order valence-corrected chi connectivity index (χ2v) is 7.41. The molecule has 3 rings (SSSR count). The molecular formula is C17H14ClNO4S. The SMILES string of the molecule is CC1OC(=O)C(c2ccc(Cl)cc2)=C1c1ccc(S(N)(=O)=O)cc1. The molecule has 0 aromatic heterocycles. The number of carbonyl (C=O) groups is 1. The number of hydrogen-bond donors (Lipinski definition) is 1. The summed E-state index contributed by atoms with van der Waals surface area (Å²) in [5, 5.41) is 5.68. The maximum atomic E-state index is 12.3. The van der Waals surface area contributed by atoms with Crippen molar-refractivity contribution < 1.29 is 17.9 Å². The third-order valence-electron chi connectivity index (χ3n) is 3.79. The summed E-state index contributed by atoms with van der Waals surface area (Å²) in [4.78, 5) is 12.3. The van der Waals surface area contributed by atoms with E-state index in [4.69, 9.17) is 21.5 Å². The Hall–Kier alpha value is -2.15. The van der Waals surface area contributed by atoms with E-state index in [0.29, 0.717) is 27.3 Å². The molecule has 0 amide bonds.